The fraction of sp³-hybridized carbons (Fsp3) is 0.231. The zero-order valence-corrected chi connectivity index (χ0v) is 10.8. The maximum Gasteiger partial charge on any atom is 0.117 e. The van der Waals surface area contributed by atoms with Crippen LogP contribution < -0.4 is 5.32 Å². The molecule has 0 unspecified atom stereocenters. The van der Waals surface area contributed by atoms with E-state index in [1.807, 2.05) is 31.3 Å². The SMILES string of the molecule is CNCc1ccc(Cc2ccc(Br)cc2)o1. The molecule has 1 aromatic heterocycles. The average molecular weight is 280 g/mol. The Morgan fingerprint density at radius 2 is 1.75 bits per heavy atom. The van der Waals surface area contributed by atoms with Crippen molar-refractivity contribution in [2.45, 2.75) is 13.0 Å². The van der Waals surface area contributed by atoms with Crippen molar-refractivity contribution in [2.24, 2.45) is 0 Å². The van der Waals surface area contributed by atoms with Gasteiger partial charge in [-0.1, -0.05) is 28.1 Å². The van der Waals surface area contributed by atoms with E-state index in [0.29, 0.717) is 0 Å². The number of nitrogens with one attached hydrogen (secondary N) is 1. The van der Waals surface area contributed by atoms with Crippen LogP contribution in [0.2, 0.25) is 0 Å². The van der Waals surface area contributed by atoms with Crippen molar-refractivity contribution < 1.29 is 4.42 Å². The first-order valence-electron chi connectivity index (χ1n) is 5.24. The predicted octanol–water partition coefficient (Wildman–Crippen LogP) is 3.35. The van der Waals surface area contributed by atoms with E-state index in [1.165, 1.54) is 5.56 Å². The van der Waals surface area contributed by atoms with Crippen molar-refractivity contribution in [1.82, 2.24) is 5.32 Å². The lowest BCUT2D eigenvalue weighted by Crippen LogP contribution is -2.03. The maximum atomic E-state index is 5.68. The van der Waals surface area contributed by atoms with Gasteiger partial charge in [-0.3, -0.25) is 0 Å². The molecule has 0 saturated carbocycles. The molecular formula is C13H14BrNO. The first-order valence-corrected chi connectivity index (χ1v) is 6.04. The van der Waals surface area contributed by atoms with E-state index in [1.54, 1.807) is 0 Å². The molecular weight excluding hydrogens is 266 g/mol. The molecule has 0 atom stereocenters. The lowest BCUT2D eigenvalue weighted by atomic mass is 10.1. The third-order valence-corrected chi connectivity index (χ3v) is 2.89. The molecule has 0 amide bonds. The van der Waals surface area contributed by atoms with Crippen molar-refractivity contribution in [3.63, 3.8) is 0 Å². The van der Waals surface area contributed by atoms with Gasteiger partial charge in [-0.25, -0.2) is 0 Å². The van der Waals surface area contributed by atoms with Gasteiger partial charge in [0.25, 0.3) is 0 Å². The smallest absolute Gasteiger partial charge is 0.117 e. The van der Waals surface area contributed by atoms with E-state index in [4.69, 9.17) is 4.42 Å². The summed E-state index contributed by atoms with van der Waals surface area (Å²) in [6.45, 7) is 0.778. The van der Waals surface area contributed by atoms with Crippen molar-refractivity contribution in [3.8, 4) is 0 Å². The quantitative estimate of drug-likeness (QED) is 0.929. The van der Waals surface area contributed by atoms with Crippen LogP contribution in [0.4, 0.5) is 0 Å². The zero-order valence-electron chi connectivity index (χ0n) is 9.16. The summed E-state index contributed by atoms with van der Waals surface area (Å²) >= 11 is 3.42. The lowest BCUT2D eigenvalue weighted by molar-refractivity contribution is 0.462. The molecule has 16 heavy (non-hydrogen) atoms. The summed E-state index contributed by atoms with van der Waals surface area (Å²) in [5, 5.41) is 3.07. The highest BCUT2D eigenvalue weighted by molar-refractivity contribution is 9.10. The highest BCUT2D eigenvalue weighted by Gasteiger charge is 2.02. The second-order valence-electron chi connectivity index (χ2n) is 3.70. The van der Waals surface area contributed by atoms with Crippen molar-refractivity contribution in [3.05, 3.63) is 58.0 Å². The lowest BCUT2D eigenvalue weighted by Gasteiger charge is -1.99. The molecule has 2 aromatic rings. The standard InChI is InChI=1S/C13H14BrNO/c1-15-9-13-7-6-12(16-13)8-10-2-4-11(14)5-3-10/h2-7,15H,8-9H2,1H3. The third-order valence-electron chi connectivity index (χ3n) is 2.36. The Bertz CT molecular complexity index is 447. The summed E-state index contributed by atoms with van der Waals surface area (Å²) in [7, 11) is 1.91. The fourth-order valence-corrected chi connectivity index (χ4v) is 1.85. The molecule has 1 N–H and O–H groups in total. The molecule has 0 aliphatic rings. The monoisotopic (exact) mass is 279 g/mol. The van der Waals surface area contributed by atoms with Gasteiger partial charge >= 0.3 is 0 Å². The van der Waals surface area contributed by atoms with Crippen molar-refractivity contribution in [1.29, 1.82) is 0 Å². The number of rotatable bonds is 4. The molecule has 1 heterocycles. The molecule has 2 rings (SSSR count). The van der Waals surface area contributed by atoms with Crippen LogP contribution in [0.5, 0.6) is 0 Å². The second kappa shape index (κ2) is 5.32. The van der Waals surface area contributed by atoms with Gasteiger partial charge in [-0.15, -0.1) is 0 Å². The van der Waals surface area contributed by atoms with Crippen molar-refractivity contribution in [2.75, 3.05) is 7.05 Å². The Morgan fingerprint density at radius 3 is 2.44 bits per heavy atom. The molecule has 1 aromatic carbocycles. The summed E-state index contributed by atoms with van der Waals surface area (Å²) < 4.78 is 6.79. The normalized spacial score (nSPS) is 10.6. The number of hydrogen-bond donors (Lipinski definition) is 1. The molecule has 0 bridgehead atoms. The Kier molecular flexibility index (Phi) is 3.80. The van der Waals surface area contributed by atoms with E-state index < -0.39 is 0 Å². The molecule has 0 saturated heterocycles. The third kappa shape index (κ3) is 2.97. The Labute approximate surface area is 104 Å². The minimum atomic E-state index is 0.778. The first-order chi connectivity index (χ1) is 7.78. The highest BCUT2D eigenvalue weighted by Crippen LogP contribution is 2.16. The molecule has 0 fully saturated rings. The highest BCUT2D eigenvalue weighted by atomic mass is 79.9. The van der Waals surface area contributed by atoms with Gasteiger partial charge in [-0.05, 0) is 36.9 Å². The van der Waals surface area contributed by atoms with Crippen LogP contribution in [0.1, 0.15) is 17.1 Å². The number of halogens is 1. The van der Waals surface area contributed by atoms with Gasteiger partial charge in [0, 0.05) is 10.9 Å². The van der Waals surface area contributed by atoms with Gasteiger partial charge in [0.2, 0.25) is 0 Å². The van der Waals surface area contributed by atoms with Crippen LogP contribution in [-0.2, 0) is 13.0 Å². The van der Waals surface area contributed by atoms with Crippen LogP contribution in [0.25, 0.3) is 0 Å². The summed E-state index contributed by atoms with van der Waals surface area (Å²) in [5.41, 5.74) is 1.26. The molecule has 84 valence electrons. The van der Waals surface area contributed by atoms with Crippen molar-refractivity contribution >= 4 is 15.9 Å². The van der Waals surface area contributed by atoms with Crippen LogP contribution in [0.3, 0.4) is 0 Å². The van der Waals surface area contributed by atoms with E-state index in [0.717, 1.165) is 29.0 Å². The van der Waals surface area contributed by atoms with E-state index in [9.17, 15) is 0 Å². The number of benzene rings is 1. The summed E-state index contributed by atoms with van der Waals surface area (Å²) in [5.74, 6) is 1.99. The topological polar surface area (TPSA) is 25.2 Å². The molecule has 3 heteroatoms. The van der Waals surface area contributed by atoms with Gasteiger partial charge in [0.1, 0.15) is 11.5 Å². The van der Waals surface area contributed by atoms with E-state index in [2.05, 4.69) is 33.4 Å². The average Bonchev–Trinajstić information content (AvgIpc) is 2.70. The molecule has 2 nitrogen and oxygen atoms in total. The second-order valence-corrected chi connectivity index (χ2v) is 4.62. The number of furan rings is 1. The Morgan fingerprint density at radius 1 is 1.06 bits per heavy atom. The minimum absolute atomic E-state index is 0.778. The van der Waals surface area contributed by atoms with Gasteiger partial charge < -0.3 is 9.73 Å². The zero-order chi connectivity index (χ0) is 11.4. The minimum Gasteiger partial charge on any atom is -0.464 e. The summed E-state index contributed by atoms with van der Waals surface area (Å²) in [4.78, 5) is 0. The molecule has 0 aliphatic heterocycles. The Hall–Kier alpha value is -1.06. The van der Waals surface area contributed by atoms with Crippen LogP contribution >= 0.6 is 15.9 Å². The maximum absolute atomic E-state index is 5.68. The molecule has 0 aliphatic carbocycles. The van der Waals surface area contributed by atoms with Gasteiger partial charge in [0.05, 0.1) is 6.54 Å². The van der Waals surface area contributed by atoms with Crippen LogP contribution in [-0.4, -0.2) is 7.05 Å². The van der Waals surface area contributed by atoms with E-state index in [-0.39, 0.29) is 0 Å². The number of hydrogen-bond acceptors (Lipinski definition) is 2. The van der Waals surface area contributed by atoms with E-state index >= 15 is 0 Å². The molecule has 0 spiro atoms. The predicted molar refractivity (Wildman–Crippen MR) is 68.4 cm³/mol. The van der Waals surface area contributed by atoms with Crippen LogP contribution in [0, 0.1) is 0 Å². The first kappa shape index (κ1) is 11.4. The fourth-order valence-electron chi connectivity index (χ4n) is 1.59. The summed E-state index contributed by atoms with van der Waals surface area (Å²) in [6, 6.07) is 12.4. The van der Waals surface area contributed by atoms with Gasteiger partial charge in [0.15, 0.2) is 0 Å². The molecule has 0 radical (unpaired) electrons. The van der Waals surface area contributed by atoms with Gasteiger partial charge in [-0.2, -0.15) is 0 Å². The largest absolute Gasteiger partial charge is 0.464 e. The van der Waals surface area contributed by atoms with Crippen LogP contribution in [0.15, 0.2) is 45.3 Å². The summed E-state index contributed by atoms with van der Waals surface area (Å²) in [6.07, 6.45) is 0.844. The Balaban J connectivity index is 2.05.